The summed E-state index contributed by atoms with van der Waals surface area (Å²) in [6.45, 7) is 0.987. The molecule has 28 heavy (non-hydrogen) atoms. The molecule has 1 nitrogen and oxygen atoms in total. The van der Waals surface area contributed by atoms with Crippen molar-refractivity contribution in [3.05, 3.63) is 94.8 Å². The Bertz CT molecular complexity index is 868. The van der Waals surface area contributed by atoms with Crippen molar-refractivity contribution < 1.29 is 0 Å². The first-order valence-corrected chi connectivity index (χ1v) is 11.1. The van der Waals surface area contributed by atoms with Gasteiger partial charge < -0.3 is 5.32 Å². The van der Waals surface area contributed by atoms with E-state index in [0.29, 0.717) is 11.8 Å². The highest BCUT2D eigenvalue weighted by Gasteiger charge is 2.34. The zero-order valence-corrected chi connectivity index (χ0v) is 16.7. The molecule has 144 valence electrons. The van der Waals surface area contributed by atoms with E-state index in [1.807, 2.05) is 6.20 Å². The highest BCUT2D eigenvalue weighted by atomic mass is 14.8. The molecule has 5 rings (SSSR count). The molecule has 0 bridgehead atoms. The summed E-state index contributed by atoms with van der Waals surface area (Å²) in [5, 5.41) is 3.35. The van der Waals surface area contributed by atoms with Crippen molar-refractivity contribution in [1.82, 2.24) is 5.32 Å². The molecule has 0 saturated carbocycles. The molecule has 5 aliphatic rings. The number of hydrogen-bond acceptors (Lipinski definition) is 1. The summed E-state index contributed by atoms with van der Waals surface area (Å²) >= 11 is 0. The van der Waals surface area contributed by atoms with Crippen molar-refractivity contribution in [2.24, 2.45) is 17.8 Å². The average Bonchev–Trinajstić information content (AvgIpc) is 2.80. The van der Waals surface area contributed by atoms with Crippen LogP contribution in [-0.4, -0.2) is 6.54 Å². The molecule has 1 heterocycles. The van der Waals surface area contributed by atoms with E-state index in [1.54, 1.807) is 22.3 Å². The summed E-state index contributed by atoms with van der Waals surface area (Å²) in [4.78, 5) is 0. The molecule has 0 spiro atoms. The standard InChI is InChI=1S/C27H31N/c1-2-7-21(8-3-1)24-16-17-25(27-11-5-4-10-26(24)27)22-14-12-20(13-15-22)23-9-6-18-28-19-23/h2,4-12,18,22,24,26,28H,1,3,13-17,19H2. The molecule has 0 aromatic heterocycles. The van der Waals surface area contributed by atoms with Crippen LogP contribution in [0.4, 0.5) is 0 Å². The summed E-state index contributed by atoms with van der Waals surface area (Å²) in [7, 11) is 0. The largest absolute Gasteiger partial charge is 0.387 e. The van der Waals surface area contributed by atoms with E-state index >= 15 is 0 Å². The maximum absolute atomic E-state index is 3.35. The van der Waals surface area contributed by atoms with Gasteiger partial charge in [-0.1, -0.05) is 60.3 Å². The predicted octanol–water partition coefficient (Wildman–Crippen LogP) is 6.48. The van der Waals surface area contributed by atoms with E-state index in [2.05, 4.69) is 66.1 Å². The van der Waals surface area contributed by atoms with Crippen LogP contribution in [0, 0.1) is 17.8 Å². The molecule has 0 aromatic rings. The first kappa shape index (κ1) is 17.8. The third-order valence-corrected chi connectivity index (χ3v) is 7.17. The minimum Gasteiger partial charge on any atom is -0.387 e. The lowest BCUT2D eigenvalue weighted by atomic mass is 9.66. The van der Waals surface area contributed by atoms with Crippen LogP contribution in [0.15, 0.2) is 94.8 Å². The molecule has 0 aromatic carbocycles. The van der Waals surface area contributed by atoms with Gasteiger partial charge in [-0.3, -0.25) is 0 Å². The lowest BCUT2D eigenvalue weighted by Gasteiger charge is -2.39. The maximum Gasteiger partial charge on any atom is 0.0397 e. The van der Waals surface area contributed by atoms with Gasteiger partial charge in [0.25, 0.3) is 0 Å². The Kier molecular flexibility index (Phi) is 5.08. The topological polar surface area (TPSA) is 12.0 Å². The normalized spacial score (nSPS) is 31.7. The summed E-state index contributed by atoms with van der Waals surface area (Å²) < 4.78 is 0. The van der Waals surface area contributed by atoms with Crippen LogP contribution in [0.2, 0.25) is 0 Å². The Morgan fingerprint density at radius 2 is 1.89 bits per heavy atom. The van der Waals surface area contributed by atoms with Crippen molar-refractivity contribution in [2.45, 2.75) is 44.9 Å². The summed E-state index contributed by atoms with van der Waals surface area (Å²) in [5.41, 5.74) is 8.04. The third-order valence-electron chi connectivity index (χ3n) is 7.17. The van der Waals surface area contributed by atoms with Crippen LogP contribution in [0.25, 0.3) is 0 Å². The van der Waals surface area contributed by atoms with Gasteiger partial charge in [0.15, 0.2) is 0 Å². The van der Waals surface area contributed by atoms with Crippen LogP contribution in [0.3, 0.4) is 0 Å². The number of rotatable bonds is 3. The van der Waals surface area contributed by atoms with Gasteiger partial charge >= 0.3 is 0 Å². The Labute approximate surface area is 169 Å². The van der Waals surface area contributed by atoms with Crippen molar-refractivity contribution >= 4 is 0 Å². The third kappa shape index (κ3) is 3.43. The van der Waals surface area contributed by atoms with E-state index in [1.165, 1.54) is 50.5 Å². The highest BCUT2D eigenvalue weighted by Crippen LogP contribution is 2.47. The average molecular weight is 370 g/mol. The molecule has 0 fully saturated rings. The molecule has 0 amide bonds. The van der Waals surface area contributed by atoms with Gasteiger partial charge in [0, 0.05) is 12.5 Å². The van der Waals surface area contributed by atoms with Gasteiger partial charge in [-0.15, -0.1) is 0 Å². The quantitative estimate of drug-likeness (QED) is 0.600. The highest BCUT2D eigenvalue weighted by molar-refractivity contribution is 5.45. The van der Waals surface area contributed by atoms with Gasteiger partial charge in [-0.2, -0.15) is 0 Å². The lowest BCUT2D eigenvalue weighted by Crippen LogP contribution is -2.26. The number of allylic oxidation sites excluding steroid dienone is 13. The van der Waals surface area contributed by atoms with Crippen LogP contribution in [0.1, 0.15) is 44.9 Å². The Balaban J connectivity index is 1.38. The summed E-state index contributed by atoms with van der Waals surface area (Å²) in [5.74, 6) is 2.00. The minimum absolute atomic E-state index is 0.587. The number of nitrogens with one attached hydrogen (secondary N) is 1. The molecule has 0 radical (unpaired) electrons. The van der Waals surface area contributed by atoms with Crippen LogP contribution < -0.4 is 5.32 Å². The number of hydrogen-bond donors (Lipinski definition) is 1. The van der Waals surface area contributed by atoms with Gasteiger partial charge in [0.1, 0.15) is 0 Å². The molecule has 3 atom stereocenters. The molecule has 1 aliphatic heterocycles. The first-order valence-electron chi connectivity index (χ1n) is 11.1. The second kappa shape index (κ2) is 7.99. The second-order valence-electron chi connectivity index (χ2n) is 8.71. The van der Waals surface area contributed by atoms with Gasteiger partial charge in [-0.05, 0) is 91.3 Å². The zero-order valence-electron chi connectivity index (χ0n) is 16.7. The Morgan fingerprint density at radius 1 is 0.893 bits per heavy atom. The van der Waals surface area contributed by atoms with Crippen molar-refractivity contribution in [2.75, 3.05) is 6.54 Å². The monoisotopic (exact) mass is 369 g/mol. The molecule has 4 aliphatic carbocycles. The van der Waals surface area contributed by atoms with Crippen LogP contribution >= 0.6 is 0 Å². The second-order valence-corrected chi connectivity index (χ2v) is 8.71. The van der Waals surface area contributed by atoms with E-state index < -0.39 is 0 Å². The summed E-state index contributed by atoms with van der Waals surface area (Å²) in [6, 6.07) is 0. The Hall–Kier alpha value is -2.28. The van der Waals surface area contributed by atoms with Gasteiger partial charge in [-0.25, -0.2) is 0 Å². The van der Waals surface area contributed by atoms with Gasteiger partial charge in [0.05, 0.1) is 0 Å². The molecule has 3 unspecified atom stereocenters. The smallest absolute Gasteiger partial charge is 0.0397 e. The van der Waals surface area contributed by atoms with E-state index in [0.717, 1.165) is 12.5 Å². The molecule has 1 heteroatoms. The molecular weight excluding hydrogens is 338 g/mol. The fraction of sp³-hybridized carbons (Fsp3) is 0.407. The van der Waals surface area contributed by atoms with Crippen LogP contribution in [-0.2, 0) is 0 Å². The molecule has 1 N–H and O–H groups in total. The van der Waals surface area contributed by atoms with Crippen molar-refractivity contribution in [1.29, 1.82) is 0 Å². The van der Waals surface area contributed by atoms with Crippen molar-refractivity contribution in [3.8, 4) is 0 Å². The fourth-order valence-electron chi connectivity index (χ4n) is 5.71. The molecule has 0 saturated heterocycles. The fourth-order valence-corrected chi connectivity index (χ4v) is 5.71. The SMILES string of the molecule is C1=CNCC(C2=CCC(C3=C4C=CC=CC4C(C4=CCCC=C4)CC3)CC2)=C1. The minimum atomic E-state index is 0.587. The molecular formula is C27H31N. The first-order chi connectivity index (χ1) is 13.9. The van der Waals surface area contributed by atoms with Crippen molar-refractivity contribution in [3.63, 3.8) is 0 Å². The number of fused-ring (bicyclic) bond motifs is 1. The van der Waals surface area contributed by atoms with Crippen LogP contribution in [0.5, 0.6) is 0 Å². The maximum atomic E-state index is 3.35. The zero-order chi connectivity index (χ0) is 18.8. The predicted molar refractivity (Wildman–Crippen MR) is 119 cm³/mol. The number of dihydropyridines is 1. The van der Waals surface area contributed by atoms with E-state index in [9.17, 15) is 0 Å². The summed E-state index contributed by atoms with van der Waals surface area (Å²) in [6.07, 6.45) is 34.5. The lowest BCUT2D eigenvalue weighted by molar-refractivity contribution is 0.407. The Morgan fingerprint density at radius 3 is 2.68 bits per heavy atom. The van der Waals surface area contributed by atoms with Gasteiger partial charge in [0.2, 0.25) is 0 Å². The van der Waals surface area contributed by atoms with E-state index in [-0.39, 0.29) is 0 Å². The van der Waals surface area contributed by atoms with E-state index in [4.69, 9.17) is 0 Å².